The van der Waals surface area contributed by atoms with E-state index in [1.54, 1.807) is 6.92 Å². The minimum Gasteiger partial charge on any atom is -0.363 e. The SMILES string of the molecule is CNC(=O)C1(C)CN(S(=O)(=O)N2CCCC2)CCO1. The van der Waals surface area contributed by atoms with E-state index in [2.05, 4.69) is 5.32 Å². The molecule has 1 amide bonds. The van der Waals surface area contributed by atoms with E-state index in [0.717, 1.165) is 12.8 Å². The lowest BCUT2D eigenvalue weighted by Crippen LogP contribution is -2.60. The Morgan fingerprint density at radius 2 is 1.84 bits per heavy atom. The highest BCUT2D eigenvalue weighted by Crippen LogP contribution is 2.23. The zero-order chi connectivity index (χ0) is 14.1. The molecule has 0 aromatic heterocycles. The summed E-state index contributed by atoms with van der Waals surface area (Å²) in [5, 5.41) is 2.52. The summed E-state index contributed by atoms with van der Waals surface area (Å²) >= 11 is 0. The maximum Gasteiger partial charge on any atom is 0.282 e. The molecule has 110 valence electrons. The van der Waals surface area contributed by atoms with Crippen molar-refractivity contribution in [1.29, 1.82) is 0 Å². The van der Waals surface area contributed by atoms with Crippen LogP contribution in [-0.4, -0.2) is 68.4 Å². The van der Waals surface area contributed by atoms with Gasteiger partial charge in [0.1, 0.15) is 0 Å². The molecule has 1 unspecified atom stereocenters. The first-order chi connectivity index (χ1) is 8.90. The second-order valence-electron chi connectivity index (χ2n) is 5.11. The first-order valence-electron chi connectivity index (χ1n) is 6.51. The first kappa shape index (κ1) is 14.7. The Bertz CT molecular complexity index is 447. The van der Waals surface area contributed by atoms with Gasteiger partial charge in [-0.05, 0) is 19.8 Å². The zero-order valence-corrected chi connectivity index (χ0v) is 12.2. The van der Waals surface area contributed by atoms with E-state index in [9.17, 15) is 13.2 Å². The monoisotopic (exact) mass is 291 g/mol. The average Bonchev–Trinajstić information content (AvgIpc) is 2.92. The van der Waals surface area contributed by atoms with Crippen molar-refractivity contribution in [2.24, 2.45) is 0 Å². The molecule has 19 heavy (non-hydrogen) atoms. The molecule has 2 aliphatic heterocycles. The molecule has 7 nitrogen and oxygen atoms in total. The quantitative estimate of drug-likeness (QED) is 0.736. The van der Waals surface area contributed by atoms with Crippen molar-refractivity contribution >= 4 is 16.1 Å². The topological polar surface area (TPSA) is 79.0 Å². The minimum absolute atomic E-state index is 0.0610. The molecule has 0 aromatic rings. The number of carbonyl (C=O) groups excluding carboxylic acids is 1. The van der Waals surface area contributed by atoms with E-state index in [4.69, 9.17) is 4.74 Å². The lowest BCUT2D eigenvalue weighted by molar-refractivity contribution is -0.151. The van der Waals surface area contributed by atoms with Crippen LogP contribution in [0.1, 0.15) is 19.8 Å². The fraction of sp³-hybridized carbons (Fsp3) is 0.909. The van der Waals surface area contributed by atoms with Crippen molar-refractivity contribution in [3.05, 3.63) is 0 Å². The van der Waals surface area contributed by atoms with Gasteiger partial charge in [0.25, 0.3) is 16.1 Å². The maximum atomic E-state index is 12.5. The average molecular weight is 291 g/mol. The van der Waals surface area contributed by atoms with E-state index in [-0.39, 0.29) is 19.1 Å². The molecule has 2 fully saturated rings. The molecule has 0 spiro atoms. The van der Waals surface area contributed by atoms with E-state index in [0.29, 0.717) is 19.6 Å². The lowest BCUT2D eigenvalue weighted by atomic mass is 10.0. The van der Waals surface area contributed by atoms with Gasteiger partial charge in [-0.25, -0.2) is 0 Å². The van der Waals surface area contributed by atoms with Gasteiger partial charge in [0.05, 0.1) is 13.2 Å². The minimum atomic E-state index is -3.47. The van der Waals surface area contributed by atoms with Gasteiger partial charge < -0.3 is 10.1 Å². The predicted molar refractivity (Wildman–Crippen MR) is 69.7 cm³/mol. The summed E-state index contributed by atoms with van der Waals surface area (Å²) in [6, 6.07) is 0. The summed E-state index contributed by atoms with van der Waals surface area (Å²) in [5.74, 6) is -0.297. The third kappa shape index (κ3) is 2.76. The second kappa shape index (κ2) is 5.35. The van der Waals surface area contributed by atoms with E-state index in [1.807, 2.05) is 0 Å². The first-order valence-corrected chi connectivity index (χ1v) is 7.91. The van der Waals surface area contributed by atoms with Gasteiger partial charge in [-0.2, -0.15) is 17.0 Å². The number of nitrogens with one attached hydrogen (secondary N) is 1. The largest absolute Gasteiger partial charge is 0.363 e. The van der Waals surface area contributed by atoms with E-state index < -0.39 is 15.8 Å². The normalized spacial score (nSPS) is 30.4. The van der Waals surface area contributed by atoms with Crippen LogP contribution in [0.2, 0.25) is 0 Å². The summed E-state index contributed by atoms with van der Waals surface area (Å²) in [4.78, 5) is 11.8. The molecule has 2 rings (SSSR count). The Labute approximate surface area is 114 Å². The smallest absolute Gasteiger partial charge is 0.282 e. The summed E-state index contributed by atoms with van der Waals surface area (Å²) in [5.41, 5.74) is -1.11. The fourth-order valence-electron chi connectivity index (χ4n) is 2.51. The highest BCUT2D eigenvalue weighted by molar-refractivity contribution is 7.86. The van der Waals surface area contributed by atoms with Crippen LogP contribution in [0, 0.1) is 0 Å². The summed E-state index contributed by atoms with van der Waals surface area (Å²) in [6.07, 6.45) is 1.80. The van der Waals surface area contributed by atoms with Crippen LogP contribution in [0.25, 0.3) is 0 Å². The Kier molecular flexibility index (Phi) is 4.14. The van der Waals surface area contributed by atoms with Crippen LogP contribution in [0.3, 0.4) is 0 Å². The van der Waals surface area contributed by atoms with Gasteiger partial charge in [0.15, 0.2) is 5.60 Å². The van der Waals surface area contributed by atoms with Crippen LogP contribution < -0.4 is 5.32 Å². The molecule has 2 heterocycles. The number of hydrogen-bond acceptors (Lipinski definition) is 4. The molecule has 0 radical (unpaired) electrons. The van der Waals surface area contributed by atoms with Gasteiger partial charge >= 0.3 is 0 Å². The molecule has 2 saturated heterocycles. The summed E-state index contributed by atoms with van der Waals surface area (Å²) < 4.78 is 33.2. The van der Waals surface area contributed by atoms with E-state index >= 15 is 0 Å². The molecule has 0 bridgehead atoms. The van der Waals surface area contributed by atoms with Crippen LogP contribution >= 0.6 is 0 Å². The summed E-state index contributed by atoms with van der Waals surface area (Å²) in [6.45, 7) is 3.35. The number of ether oxygens (including phenoxy) is 1. The Hall–Kier alpha value is -0.700. The van der Waals surface area contributed by atoms with Gasteiger partial charge in [-0.1, -0.05) is 0 Å². The van der Waals surface area contributed by atoms with Crippen molar-refractivity contribution in [1.82, 2.24) is 13.9 Å². The Morgan fingerprint density at radius 3 is 2.42 bits per heavy atom. The van der Waals surface area contributed by atoms with Crippen LogP contribution in [0.15, 0.2) is 0 Å². The van der Waals surface area contributed by atoms with Crippen molar-refractivity contribution in [2.75, 3.05) is 39.8 Å². The molecule has 1 atom stereocenters. The van der Waals surface area contributed by atoms with Crippen molar-refractivity contribution < 1.29 is 17.9 Å². The van der Waals surface area contributed by atoms with Gasteiger partial charge in [-0.3, -0.25) is 4.79 Å². The second-order valence-corrected chi connectivity index (χ2v) is 7.03. The molecule has 2 aliphatic rings. The predicted octanol–water partition coefficient (Wildman–Crippen LogP) is -0.836. The van der Waals surface area contributed by atoms with Crippen molar-refractivity contribution in [3.8, 4) is 0 Å². The van der Waals surface area contributed by atoms with Crippen LogP contribution in [-0.2, 0) is 19.7 Å². The number of carbonyl (C=O) groups is 1. The van der Waals surface area contributed by atoms with E-state index in [1.165, 1.54) is 15.7 Å². The van der Waals surface area contributed by atoms with Crippen LogP contribution in [0.5, 0.6) is 0 Å². The molecule has 1 N–H and O–H groups in total. The third-order valence-electron chi connectivity index (χ3n) is 3.66. The summed E-state index contributed by atoms with van der Waals surface area (Å²) in [7, 11) is -1.95. The number of hydrogen-bond donors (Lipinski definition) is 1. The molecule has 8 heteroatoms. The van der Waals surface area contributed by atoms with Gasteiger partial charge in [0.2, 0.25) is 0 Å². The standard InChI is InChI=1S/C11H21N3O4S/c1-11(10(15)12-2)9-14(7-8-18-11)19(16,17)13-5-3-4-6-13/h3-9H2,1-2H3,(H,12,15). The van der Waals surface area contributed by atoms with Crippen LogP contribution in [0.4, 0.5) is 0 Å². The number of likely N-dealkylation sites (N-methyl/N-ethyl adjacent to an activating group) is 1. The maximum absolute atomic E-state index is 12.5. The van der Waals surface area contributed by atoms with Crippen molar-refractivity contribution in [3.63, 3.8) is 0 Å². The highest BCUT2D eigenvalue weighted by atomic mass is 32.2. The third-order valence-corrected chi connectivity index (χ3v) is 5.65. The number of rotatable bonds is 3. The fourth-order valence-corrected chi connectivity index (χ4v) is 4.28. The van der Waals surface area contributed by atoms with Gasteiger partial charge in [-0.15, -0.1) is 0 Å². The van der Waals surface area contributed by atoms with Gasteiger partial charge in [0, 0.05) is 26.7 Å². The lowest BCUT2D eigenvalue weighted by Gasteiger charge is -2.39. The molecule has 0 aliphatic carbocycles. The Balaban J connectivity index is 2.15. The zero-order valence-electron chi connectivity index (χ0n) is 11.4. The molecular formula is C11H21N3O4S. The molecular weight excluding hydrogens is 270 g/mol. The number of morpholine rings is 1. The Morgan fingerprint density at radius 1 is 1.21 bits per heavy atom. The van der Waals surface area contributed by atoms with Crippen molar-refractivity contribution in [2.45, 2.75) is 25.4 Å². The molecule has 0 saturated carbocycles. The number of nitrogens with zero attached hydrogens (tertiary/aromatic N) is 2. The highest BCUT2D eigenvalue weighted by Gasteiger charge is 2.44. The molecule has 0 aromatic carbocycles. The number of amides is 1.